The molecule has 1 aliphatic carbocycles. The fourth-order valence-corrected chi connectivity index (χ4v) is 2.40. The Hall–Kier alpha value is -1.06. The van der Waals surface area contributed by atoms with Gasteiger partial charge in [-0.25, -0.2) is 0 Å². The van der Waals surface area contributed by atoms with Crippen LogP contribution in [-0.2, 0) is 4.79 Å². The Balaban J connectivity index is 0.00000144. The summed E-state index contributed by atoms with van der Waals surface area (Å²) in [7, 11) is 0. The highest BCUT2D eigenvalue weighted by atomic mass is 35.5. The van der Waals surface area contributed by atoms with Gasteiger partial charge >= 0.3 is 0 Å². The lowest BCUT2D eigenvalue weighted by molar-refractivity contribution is -0.117. The lowest BCUT2D eigenvalue weighted by Gasteiger charge is -2.16. The second-order valence-corrected chi connectivity index (χ2v) is 4.50. The number of primary amides is 1. The number of halogens is 1. The van der Waals surface area contributed by atoms with E-state index in [1.54, 1.807) is 0 Å². The molecule has 2 rings (SSSR count). The average molecular weight is 255 g/mol. The number of benzene rings is 1. The Morgan fingerprint density at radius 2 is 2.12 bits per heavy atom. The maximum atomic E-state index is 10.8. The van der Waals surface area contributed by atoms with E-state index in [-0.39, 0.29) is 30.4 Å². The number of nitrogens with one attached hydrogen (secondary N) is 1. The van der Waals surface area contributed by atoms with Crippen LogP contribution in [0.1, 0.15) is 31.2 Å². The number of amides is 1. The van der Waals surface area contributed by atoms with Crippen LogP contribution < -0.4 is 11.1 Å². The number of carbonyl (C=O) groups is 1. The molecule has 1 saturated carbocycles. The van der Waals surface area contributed by atoms with Crippen molar-refractivity contribution in [1.82, 2.24) is 5.32 Å². The van der Waals surface area contributed by atoms with E-state index < -0.39 is 0 Å². The third-order valence-electron chi connectivity index (χ3n) is 3.52. The second kappa shape index (κ2) is 5.52. The zero-order chi connectivity index (χ0) is 11.6. The second-order valence-electron chi connectivity index (χ2n) is 4.50. The van der Waals surface area contributed by atoms with Gasteiger partial charge in [-0.15, -0.1) is 12.4 Å². The van der Waals surface area contributed by atoms with E-state index in [0.29, 0.717) is 5.92 Å². The molecule has 1 aromatic carbocycles. The Bertz CT molecular complexity index is 382. The monoisotopic (exact) mass is 254 g/mol. The third-order valence-corrected chi connectivity index (χ3v) is 3.52. The van der Waals surface area contributed by atoms with Crippen LogP contribution in [0.2, 0.25) is 0 Å². The Morgan fingerprint density at radius 3 is 2.65 bits per heavy atom. The van der Waals surface area contributed by atoms with E-state index in [1.165, 1.54) is 5.56 Å². The van der Waals surface area contributed by atoms with Crippen molar-refractivity contribution >= 4 is 18.3 Å². The summed E-state index contributed by atoms with van der Waals surface area (Å²) in [5.74, 6) is 0.240. The minimum atomic E-state index is -0.286. The van der Waals surface area contributed by atoms with Crippen molar-refractivity contribution in [1.29, 1.82) is 0 Å². The first-order valence-electron chi connectivity index (χ1n) is 5.76. The van der Waals surface area contributed by atoms with Crippen molar-refractivity contribution in [2.24, 2.45) is 5.73 Å². The number of hydrogen-bond acceptors (Lipinski definition) is 2. The summed E-state index contributed by atoms with van der Waals surface area (Å²) in [6.07, 6.45) is 2.13. The molecule has 3 nitrogen and oxygen atoms in total. The van der Waals surface area contributed by atoms with Crippen molar-refractivity contribution in [3.8, 4) is 0 Å². The van der Waals surface area contributed by atoms with Crippen molar-refractivity contribution < 1.29 is 4.79 Å². The van der Waals surface area contributed by atoms with Gasteiger partial charge in [0.1, 0.15) is 0 Å². The Labute approximate surface area is 108 Å². The Morgan fingerprint density at radius 1 is 1.47 bits per heavy atom. The largest absolute Gasteiger partial charge is 0.369 e. The summed E-state index contributed by atoms with van der Waals surface area (Å²) in [4.78, 5) is 10.8. The standard InChI is InChI=1S/C13H18N2O.ClH/c1-2-13(15-9-12(14)16)8-11(13)10-6-4-3-5-7-10;/h3-7,11,15H,2,8-9H2,1H3,(H2,14,16);1H. The summed E-state index contributed by atoms with van der Waals surface area (Å²) in [6.45, 7) is 2.42. The molecule has 0 radical (unpaired) electrons. The predicted octanol–water partition coefficient (Wildman–Crippen LogP) is 1.82. The van der Waals surface area contributed by atoms with Gasteiger partial charge in [-0.05, 0) is 18.4 Å². The van der Waals surface area contributed by atoms with Gasteiger partial charge in [0, 0.05) is 11.5 Å². The summed E-state index contributed by atoms with van der Waals surface area (Å²) in [6, 6.07) is 10.4. The highest BCUT2D eigenvalue weighted by molar-refractivity contribution is 5.85. The molecule has 4 heteroatoms. The van der Waals surface area contributed by atoms with Crippen LogP contribution in [-0.4, -0.2) is 18.0 Å². The van der Waals surface area contributed by atoms with Gasteiger partial charge in [-0.2, -0.15) is 0 Å². The number of carbonyl (C=O) groups excluding carboxylic acids is 1. The lowest BCUT2D eigenvalue weighted by atomic mass is 10.0. The zero-order valence-corrected chi connectivity index (χ0v) is 10.8. The third kappa shape index (κ3) is 2.99. The van der Waals surface area contributed by atoms with E-state index >= 15 is 0 Å². The molecule has 17 heavy (non-hydrogen) atoms. The summed E-state index contributed by atoms with van der Waals surface area (Å²) in [5, 5.41) is 3.29. The first-order valence-corrected chi connectivity index (χ1v) is 5.76. The smallest absolute Gasteiger partial charge is 0.231 e. The topological polar surface area (TPSA) is 55.1 Å². The molecule has 1 aliphatic rings. The SMILES string of the molecule is CCC1(NCC(N)=O)CC1c1ccccc1.Cl. The quantitative estimate of drug-likeness (QED) is 0.842. The molecule has 3 N–H and O–H groups in total. The molecular formula is C13H19ClN2O. The predicted molar refractivity (Wildman–Crippen MR) is 71.3 cm³/mol. The molecule has 1 amide bonds. The minimum Gasteiger partial charge on any atom is -0.369 e. The normalized spacial score (nSPS) is 26.1. The van der Waals surface area contributed by atoms with Crippen molar-refractivity contribution in [2.45, 2.75) is 31.2 Å². The molecule has 0 heterocycles. The lowest BCUT2D eigenvalue weighted by Crippen LogP contribution is -2.39. The fourth-order valence-electron chi connectivity index (χ4n) is 2.40. The van der Waals surface area contributed by atoms with Crippen LogP contribution in [0.3, 0.4) is 0 Å². The fraction of sp³-hybridized carbons (Fsp3) is 0.462. The molecule has 2 unspecified atom stereocenters. The highest BCUT2D eigenvalue weighted by Crippen LogP contribution is 2.53. The first-order chi connectivity index (χ1) is 7.68. The van der Waals surface area contributed by atoms with Crippen LogP contribution in [0.4, 0.5) is 0 Å². The van der Waals surface area contributed by atoms with E-state index in [2.05, 4.69) is 36.5 Å². The molecule has 1 fully saturated rings. The van der Waals surface area contributed by atoms with Gasteiger partial charge < -0.3 is 11.1 Å². The molecule has 2 atom stereocenters. The van der Waals surface area contributed by atoms with Crippen molar-refractivity contribution in [2.75, 3.05) is 6.54 Å². The molecule has 0 aliphatic heterocycles. The van der Waals surface area contributed by atoms with Gasteiger partial charge in [0.05, 0.1) is 6.54 Å². The number of hydrogen-bond donors (Lipinski definition) is 2. The molecule has 0 saturated heterocycles. The molecule has 0 aromatic heterocycles. The molecule has 1 aromatic rings. The van der Waals surface area contributed by atoms with Gasteiger partial charge in [-0.1, -0.05) is 37.3 Å². The van der Waals surface area contributed by atoms with E-state index in [0.717, 1.165) is 12.8 Å². The van der Waals surface area contributed by atoms with Crippen LogP contribution in [0.25, 0.3) is 0 Å². The van der Waals surface area contributed by atoms with E-state index in [9.17, 15) is 4.79 Å². The maximum Gasteiger partial charge on any atom is 0.231 e. The Kier molecular flexibility index (Phi) is 4.54. The maximum absolute atomic E-state index is 10.8. The number of rotatable bonds is 5. The highest BCUT2D eigenvalue weighted by Gasteiger charge is 2.52. The van der Waals surface area contributed by atoms with Gasteiger partial charge in [0.2, 0.25) is 5.91 Å². The van der Waals surface area contributed by atoms with E-state index in [4.69, 9.17) is 5.73 Å². The van der Waals surface area contributed by atoms with Gasteiger partial charge in [0.15, 0.2) is 0 Å². The molecular weight excluding hydrogens is 236 g/mol. The van der Waals surface area contributed by atoms with Crippen LogP contribution in [0, 0.1) is 0 Å². The minimum absolute atomic E-state index is 0. The van der Waals surface area contributed by atoms with Gasteiger partial charge in [-0.3, -0.25) is 4.79 Å². The molecule has 0 spiro atoms. The van der Waals surface area contributed by atoms with Crippen LogP contribution in [0.15, 0.2) is 30.3 Å². The summed E-state index contributed by atoms with van der Waals surface area (Å²) in [5.41, 5.74) is 6.61. The van der Waals surface area contributed by atoms with Crippen molar-refractivity contribution in [3.63, 3.8) is 0 Å². The summed E-state index contributed by atoms with van der Waals surface area (Å²) >= 11 is 0. The van der Waals surface area contributed by atoms with E-state index in [1.807, 2.05) is 6.07 Å². The average Bonchev–Trinajstić information content (AvgIpc) is 3.03. The zero-order valence-electron chi connectivity index (χ0n) is 9.98. The number of nitrogens with two attached hydrogens (primary N) is 1. The van der Waals surface area contributed by atoms with Crippen LogP contribution in [0.5, 0.6) is 0 Å². The molecule has 94 valence electrons. The van der Waals surface area contributed by atoms with Crippen LogP contribution >= 0.6 is 12.4 Å². The first kappa shape index (κ1) is 14.0. The molecule has 0 bridgehead atoms. The van der Waals surface area contributed by atoms with Crippen molar-refractivity contribution in [3.05, 3.63) is 35.9 Å². The summed E-state index contributed by atoms with van der Waals surface area (Å²) < 4.78 is 0. The van der Waals surface area contributed by atoms with Gasteiger partial charge in [0.25, 0.3) is 0 Å².